The minimum absolute atomic E-state index is 0.0777. The van der Waals surface area contributed by atoms with Gasteiger partial charge in [-0.3, -0.25) is 9.59 Å². The van der Waals surface area contributed by atoms with Crippen molar-refractivity contribution in [2.75, 3.05) is 31.5 Å². The second kappa shape index (κ2) is 12.1. The molecule has 1 heterocycles. The number of hydrogen-bond acceptors (Lipinski definition) is 8. The number of carbonyl (C=O) groups excluding carboxylic acids is 2. The van der Waals surface area contributed by atoms with Crippen molar-refractivity contribution in [3.8, 4) is 11.5 Å². The van der Waals surface area contributed by atoms with Crippen molar-refractivity contribution in [3.05, 3.63) is 54.2 Å². The zero-order chi connectivity index (χ0) is 24.5. The molecule has 34 heavy (non-hydrogen) atoms. The Morgan fingerprint density at radius 3 is 2.44 bits per heavy atom. The van der Waals surface area contributed by atoms with E-state index < -0.39 is 5.25 Å². The van der Waals surface area contributed by atoms with E-state index in [4.69, 9.17) is 19.2 Å². The molecule has 0 saturated heterocycles. The van der Waals surface area contributed by atoms with E-state index in [2.05, 4.69) is 10.6 Å². The third-order valence-electron chi connectivity index (χ3n) is 4.91. The van der Waals surface area contributed by atoms with Crippen molar-refractivity contribution in [2.45, 2.75) is 31.9 Å². The van der Waals surface area contributed by atoms with Gasteiger partial charge in [-0.2, -0.15) is 0 Å². The van der Waals surface area contributed by atoms with E-state index in [0.29, 0.717) is 41.0 Å². The van der Waals surface area contributed by atoms with Gasteiger partial charge in [-0.25, -0.2) is 4.99 Å². The number of fused-ring (bicyclic) bond motifs is 1. The summed E-state index contributed by atoms with van der Waals surface area (Å²) >= 11 is 1.34. The maximum atomic E-state index is 13.1. The number of ether oxygens (including phenoxy) is 3. The van der Waals surface area contributed by atoms with Gasteiger partial charge in [-0.1, -0.05) is 30.8 Å². The predicted molar refractivity (Wildman–Crippen MR) is 136 cm³/mol. The summed E-state index contributed by atoms with van der Waals surface area (Å²) in [5.41, 5.74) is 2.75. The molecule has 1 amide bonds. The molecule has 2 aromatic carbocycles. The molecule has 0 bridgehead atoms. The molecular formula is C25H29N3O5S. The number of thioether (sulfide) groups is 1. The lowest BCUT2D eigenvalue weighted by Crippen LogP contribution is -2.25. The lowest BCUT2D eigenvalue weighted by molar-refractivity contribution is -0.142. The molecule has 0 fully saturated rings. The van der Waals surface area contributed by atoms with Crippen molar-refractivity contribution in [3.63, 3.8) is 0 Å². The van der Waals surface area contributed by atoms with Gasteiger partial charge >= 0.3 is 5.97 Å². The second-order valence-corrected chi connectivity index (χ2v) is 8.57. The summed E-state index contributed by atoms with van der Waals surface area (Å²) in [5.74, 6) is 0.661. The summed E-state index contributed by atoms with van der Waals surface area (Å²) in [6.07, 6.45) is 2.45. The van der Waals surface area contributed by atoms with Crippen LogP contribution in [-0.2, 0) is 14.3 Å². The number of para-hydroxylation sites is 2. The van der Waals surface area contributed by atoms with E-state index >= 15 is 0 Å². The van der Waals surface area contributed by atoms with Crippen LogP contribution in [0.15, 0.2) is 59.2 Å². The Labute approximate surface area is 203 Å². The molecule has 8 nitrogen and oxygen atoms in total. The van der Waals surface area contributed by atoms with Crippen molar-refractivity contribution < 1.29 is 23.8 Å². The molecule has 0 radical (unpaired) electrons. The van der Waals surface area contributed by atoms with E-state index in [9.17, 15) is 9.59 Å². The smallest absolute Gasteiger partial charge is 0.311 e. The summed E-state index contributed by atoms with van der Waals surface area (Å²) in [7, 11) is 3.11. The van der Waals surface area contributed by atoms with E-state index in [1.807, 2.05) is 31.2 Å². The van der Waals surface area contributed by atoms with Gasteiger partial charge in [0.1, 0.15) is 11.5 Å². The highest BCUT2D eigenvalue weighted by Gasteiger charge is 2.22. The first-order chi connectivity index (χ1) is 16.4. The average Bonchev–Trinajstić information content (AvgIpc) is 3.00. The molecule has 0 aliphatic carbocycles. The van der Waals surface area contributed by atoms with E-state index in [-0.39, 0.29) is 18.3 Å². The number of anilines is 2. The molecule has 2 N–H and O–H groups in total. The van der Waals surface area contributed by atoms with Crippen LogP contribution in [0.25, 0.3) is 0 Å². The molecular weight excluding hydrogens is 454 g/mol. The first-order valence-corrected chi connectivity index (χ1v) is 11.8. The van der Waals surface area contributed by atoms with Crippen LogP contribution < -0.4 is 20.1 Å². The first-order valence-electron chi connectivity index (χ1n) is 11.0. The van der Waals surface area contributed by atoms with Crippen molar-refractivity contribution in [1.82, 2.24) is 0 Å². The Morgan fingerprint density at radius 1 is 1.09 bits per heavy atom. The fourth-order valence-electron chi connectivity index (χ4n) is 3.28. The Kier molecular flexibility index (Phi) is 8.98. The second-order valence-electron chi connectivity index (χ2n) is 7.35. The lowest BCUT2D eigenvalue weighted by Gasteiger charge is -2.16. The molecule has 1 aliphatic rings. The number of aliphatic imine (C=N–C) groups is 1. The van der Waals surface area contributed by atoms with Crippen LogP contribution in [0, 0.1) is 0 Å². The van der Waals surface area contributed by atoms with Crippen molar-refractivity contribution in [1.29, 1.82) is 0 Å². The number of methoxy groups -OCH3 is 2. The maximum absolute atomic E-state index is 13.1. The third kappa shape index (κ3) is 6.77. The fraction of sp³-hybridized carbons (Fsp3) is 0.320. The number of rotatable bonds is 9. The quantitative estimate of drug-likeness (QED) is 0.476. The minimum Gasteiger partial charge on any atom is -0.497 e. The Balaban J connectivity index is 1.82. The normalized spacial score (nSPS) is 13.3. The summed E-state index contributed by atoms with van der Waals surface area (Å²) in [5, 5.41) is 6.42. The van der Waals surface area contributed by atoms with Crippen LogP contribution >= 0.6 is 11.8 Å². The Bertz CT molecular complexity index is 1080. The fourth-order valence-corrected chi connectivity index (χ4v) is 4.26. The summed E-state index contributed by atoms with van der Waals surface area (Å²) in [6.45, 7) is 4.02. The highest BCUT2D eigenvalue weighted by atomic mass is 32.2. The molecule has 1 atom stereocenters. The molecule has 2 aromatic rings. The summed E-state index contributed by atoms with van der Waals surface area (Å²) in [6, 6.07) is 12.8. The van der Waals surface area contributed by atoms with Gasteiger partial charge < -0.3 is 24.8 Å². The Morgan fingerprint density at radius 2 is 1.79 bits per heavy atom. The van der Waals surface area contributed by atoms with Gasteiger partial charge in [0.15, 0.2) is 0 Å². The number of carbonyl (C=O) groups is 2. The molecule has 0 unspecified atom stereocenters. The van der Waals surface area contributed by atoms with Gasteiger partial charge in [0, 0.05) is 29.6 Å². The molecule has 180 valence electrons. The summed E-state index contributed by atoms with van der Waals surface area (Å²) < 4.78 is 15.7. The van der Waals surface area contributed by atoms with E-state index in [1.165, 1.54) is 11.8 Å². The summed E-state index contributed by atoms with van der Waals surface area (Å²) in [4.78, 5) is 30.0. The van der Waals surface area contributed by atoms with Crippen LogP contribution in [0.3, 0.4) is 0 Å². The van der Waals surface area contributed by atoms with Gasteiger partial charge in [0.2, 0.25) is 5.91 Å². The number of amides is 1. The SMILES string of the molecule is CCOC(=O)CC1=CC(S[C@@H](CC)C(=O)Nc2cc(OC)cc(OC)c2)=Nc2ccccc2N1. The highest BCUT2D eigenvalue weighted by Crippen LogP contribution is 2.33. The monoisotopic (exact) mass is 483 g/mol. The number of nitrogens with zero attached hydrogens (tertiary/aromatic N) is 1. The van der Waals surface area contributed by atoms with E-state index in [0.717, 1.165) is 11.4 Å². The van der Waals surface area contributed by atoms with Gasteiger partial charge in [-0.15, -0.1) is 0 Å². The van der Waals surface area contributed by atoms with Crippen LogP contribution in [0.2, 0.25) is 0 Å². The van der Waals surface area contributed by atoms with E-state index in [1.54, 1.807) is 45.4 Å². The molecule has 9 heteroatoms. The topological polar surface area (TPSA) is 98.3 Å². The Hall–Kier alpha value is -3.46. The van der Waals surface area contributed by atoms with Crippen LogP contribution in [0.4, 0.5) is 17.1 Å². The molecule has 0 saturated carbocycles. The number of esters is 1. The highest BCUT2D eigenvalue weighted by molar-refractivity contribution is 8.15. The largest absolute Gasteiger partial charge is 0.497 e. The minimum atomic E-state index is -0.415. The number of hydrogen-bond donors (Lipinski definition) is 2. The molecule has 1 aliphatic heterocycles. The molecule has 3 rings (SSSR count). The van der Waals surface area contributed by atoms with Crippen molar-refractivity contribution >= 4 is 45.7 Å². The van der Waals surface area contributed by atoms with Gasteiger partial charge in [-0.05, 0) is 31.6 Å². The van der Waals surface area contributed by atoms with Crippen LogP contribution in [0.5, 0.6) is 11.5 Å². The third-order valence-corrected chi connectivity index (χ3v) is 6.20. The average molecular weight is 484 g/mol. The zero-order valence-electron chi connectivity index (χ0n) is 19.7. The standard InChI is InChI=1S/C25H29N3O5S/c1-5-22(25(30)27-16-11-18(31-3)15-19(12-16)32-4)34-23-13-17(14-24(29)33-6-2)26-20-9-7-8-10-21(20)28-23/h7-13,15,22,26H,5-6,14H2,1-4H3,(H,27,30)/t22-/m0/s1. The van der Waals surface area contributed by atoms with Crippen LogP contribution in [0.1, 0.15) is 26.7 Å². The number of benzene rings is 2. The number of nitrogens with one attached hydrogen (secondary N) is 2. The lowest BCUT2D eigenvalue weighted by atomic mass is 10.2. The van der Waals surface area contributed by atoms with Crippen LogP contribution in [-0.4, -0.2) is 43.0 Å². The first kappa shape index (κ1) is 25.2. The van der Waals surface area contributed by atoms with Gasteiger partial charge in [0.25, 0.3) is 0 Å². The molecule has 0 spiro atoms. The zero-order valence-corrected chi connectivity index (χ0v) is 20.5. The molecule has 0 aromatic heterocycles. The van der Waals surface area contributed by atoms with Crippen molar-refractivity contribution in [2.24, 2.45) is 4.99 Å². The maximum Gasteiger partial charge on any atom is 0.311 e. The predicted octanol–water partition coefficient (Wildman–Crippen LogP) is 5.15. The van der Waals surface area contributed by atoms with Gasteiger partial charge in [0.05, 0.1) is 48.9 Å².